The SMILES string of the molecule is Cc1noc(C)c1CCC(=O)N1CCNCC1c1cccc(Cl)c1.Cl. The molecule has 7 heteroatoms. The minimum atomic E-state index is 0. The summed E-state index contributed by atoms with van der Waals surface area (Å²) in [5.74, 6) is 0.952. The third-order valence-electron chi connectivity index (χ3n) is 4.57. The molecular weight excluding hydrogens is 361 g/mol. The molecule has 1 aliphatic rings. The van der Waals surface area contributed by atoms with Gasteiger partial charge >= 0.3 is 0 Å². The second-order valence-electron chi connectivity index (χ2n) is 6.16. The molecule has 0 radical (unpaired) electrons. The molecule has 1 atom stereocenters. The van der Waals surface area contributed by atoms with E-state index in [0.717, 1.165) is 35.7 Å². The fourth-order valence-corrected chi connectivity index (χ4v) is 3.45. The van der Waals surface area contributed by atoms with Gasteiger partial charge in [-0.15, -0.1) is 12.4 Å². The van der Waals surface area contributed by atoms with E-state index < -0.39 is 0 Å². The third kappa shape index (κ3) is 4.54. The molecule has 1 saturated heterocycles. The van der Waals surface area contributed by atoms with E-state index in [2.05, 4.69) is 10.5 Å². The van der Waals surface area contributed by atoms with E-state index in [4.69, 9.17) is 16.1 Å². The highest BCUT2D eigenvalue weighted by Gasteiger charge is 2.28. The minimum Gasteiger partial charge on any atom is -0.361 e. The minimum absolute atomic E-state index is 0. The Kier molecular flexibility index (Phi) is 6.87. The maximum Gasteiger partial charge on any atom is 0.223 e. The lowest BCUT2D eigenvalue weighted by molar-refractivity contribution is -0.134. The van der Waals surface area contributed by atoms with Crippen molar-refractivity contribution in [3.05, 3.63) is 51.9 Å². The molecule has 0 saturated carbocycles. The Hall–Kier alpha value is -1.56. The average Bonchev–Trinajstić information content (AvgIpc) is 2.91. The molecule has 2 heterocycles. The Morgan fingerprint density at radius 1 is 1.44 bits per heavy atom. The van der Waals surface area contributed by atoms with Crippen LogP contribution in [0, 0.1) is 13.8 Å². The summed E-state index contributed by atoms with van der Waals surface area (Å²) in [4.78, 5) is 14.8. The van der Waals surface area contributed by atoms with Gasteiger partial charge in [0.05, 0.1) is 11.7 Å². The normalized spacial score (nSPS) is 17.2. The van der Waals surface area contributed by atoms with Crippen LogP contribution in [0.4, 0.5) is 0 Å². The molecule has 1 aliphatic heterocycles. The fraction of sp³-hybridized carbons (Fsp3) is 0.444. The summed E-state index contributed by atoms with van der Waals surface area (Å²) in [6, 6.07) is 7.77. The van der Waals surface area contributed by atoms with Crippen molar-refractivity contribution in [1.82, 2.24) is 15.4 Å². The van der Waals surface area contributed by atoms with Crippen molar-refractivity contribution in [2.75, 3.05) is 19.6 Å². The zero-order valence-electron chi connectivity index (χ0n) is 14.4. The molecule has 136 valence electrons. The summed E-state index contributed by atoms with van der Waals surface area (Å²) in [5.41, 5.74) is 2.98. The topological polar surface area (TPSA) is 58.4 Å². The number of hydrogen-bond acceptors (Lipinski definition) is 4. The van der Waals surface area contributed by atoms with Crippen LogP contribution in [0.3, 0.4) is 0 Å². The molecule has 0 bridgehead atoms. The van der Waals surface area contributed by atoms with Crippen molar-refractivity contribution in [2.24, 2.45) is 0 Å². The first-order chi connectivity index (χ1) is 11.6. The molecular formula is C18H23Cl2N3O2. The average molecular weight is 384 g/mol. The Bertz CT molecular complexity index is 713. The predicted octanol–water partition coefficient (Wildman–Crippen LogP) is 3.47. The molecule has 1 amide bonds. The molecule has 0 spiro atoms. The second kappa shape index (κ2) is 8.70. The number of nitrogens with zero attached hydrogens (tertiary/aromatic N) is 2. The Morgan fingerprint density at radius 2 is 2.24 bits per heavy atom. The van der Waals surface area contributed by atoms with Crippen LogP contribution in [0.15, 0.2) is 28.8 Å². The van der Waals surface area contributed by atoms with Gasteiger partial charge in [-0.25, -0.2) is 0 Å². The van der Waals surface area contributed by atoms with Gasteiger partial charge in [0.25, 0.3) is 0 Å². The van der Waals surface area contributed by atoms with E-state index in [-0.39, 0.29) is 24.4 Å². The summed E-state index contributed by atoms with van der Waals surface area (Å²) in [6.45, 7) is 6.07. The highest BCUT2D eigenvalue weighted by Crippen LogP contribution is 2.26. The lowest BCUT2D eigenvalue weighted by atomic mass is 10.0. The maximum absolute atomic E-state index is 12.8. The first kappa shape index (κ1) is 19.8. The van der Waals surface area contributed by atoms with Crippen molar-refractivity contribution >= 4 is 29.9 Å². The summed E-state index contributed by atoms with van der Waals surface area (Å²) >= 11 is 6.11. The fourth-order valence-electron chi connectivity index (χ4n) is 3.25. The maximum atomic E-state index is 12.8. The second-order valence-corrected chi connectivity index (χ2v) is 6.60. The number of hydrogen-bond donors (Lipinski definition) is 1. The molecule has 1 unspecified atom stereocenters. The monoisotopic (exact) mass is 383 g/mol. The smallest absolute Gasteiger partial charge is 0.223 e. The Morgan fingerprint density at radius 3 is 2.92 bits per heavy atom. The number of halogens is 2. The molecule has 1 N–H and O–H groups in total. The van der Waals surface area contributed by atoms with Crippen molar-refractivity contribution in [2.45, 2.75) is 32.7 Å². The summed E-state index contributed by atoms with van der Waals surface area (Å²) in [6.07, 6.45) is 1.12. The van der Waals surface area contributed by atoms with Crippen LogP contribution < -0.4 is 5.32 Å². The quantitative estimate of drug-likeness (QED) is 0.877. The highest BCUT2D eigenvalue weighted by molar-refractivity contribution is 6.30. The van der Waals surface area contributed by atoms with Crippen LogP contribution >= 0.6 is 24.0 Å². The van der Waals surface area contributed by atoms with Gasteiger partial charge in [0.1, 0.15) is 5.76 Å². The van der Waals surface area contributed by atoms with E-state index in [1.165, 1.54) is 0 Å². The molecule has 5 nitrogen and oxygen atoms in total. The van der Waals surface area contributed by atoms with Crippen LogP contribution in [0.1, 0.15) is 35.0 Å². The lowest BCUT2D eigenvalue weighted by Crippen LogP contribution is -2.48. The molecule has 2 aromatic rings. The summed E-state index contributed by atoms with van der Waals surface area (Å²) in [7, 11) is 0. The van der Waals surface area contributed by atoms with Crippen molar-refractivity contribution in [1.29, 1.82) is 0 Å². The van der Waals surface area contributed by atoms with Crippen LogP contribution in [0.25, 0.3) is 0 Å². The molecule has 1 aromatic carbocycles. The number of piperazine rings is 1. The first-order valence-electron chi connectivity index (χ1n) is 8.23. The third-order valence-corrected chi connectivity index (χ3v) is 4.80. The highest BCUT2D eigenvalue weighted by atomic mass is 35.5. The van der Waals surface area contributed by atoms with E-state index in [0.29, 0.717) is 24.4 Å². The van der Waals surface area contributed by atoms with Crippen LogP contribution in [-0.2, 0) is 11.2 Å². The molecule has 1 aromatic heterocycles. The van der Waals surface area contributed by atoms with Crippen molar-refractivity contribution < 1.29 is 9.32 Å². The van der Waals surface area contributed by atoms with Gasteiger partial charge in [0, 0.05) is 36.6 Å². The number of carbonyl (C=O) groups is 1. The van der Waals surface area contributed by atoms with Gasteiger partial charge in [0.15, 0.2) is 0 Å². The number of carbonyl (C=O) groups excluding carboxylic acids is 1. The van der Waals surface area contributed by atoms with E-state index >= 15 is 0 Å². The number of benzene rings is 1. The number of rotatable bonds is 4. The lowest BCUT2D eigenvalue weighted by Gasteiger charge is -2.36. The van der Waals surface area contributed by atoms with Gasteiger partial charge in [-0.2, -0.15) is 0 Å². The molecule has 0 aliphatic carbocycles. The number of nitrogens with one attached hydrogen (secondary N) is 1. The zero-order valence-corrected chi connectivity index (χ0v) is 16.0. The number of aromatic nitrogens is 1. The number of amides is 1. The van der Waals surface area contributed by atoms with E-state index in [9.17, 15) is 4.79 Å². The predicted molar refractivity (Wildman–Crippen MR) is 100 cm³/mol. The van der Waals surface area contributed by atoms with Crippen LogP contribution in [0.5, 0.6) is 0 Å². The van der Waals surface area contributed by atoms with Gasteiger partial charge in [-0.3, -0.25) is 4.79 Å². The standard InChI is InChI=1S/C18H22ClN3O2.ClH/c1-12-16(13(2)24-21-12)6-7-18(23)22-9-8-20-11-17(22)14-4-3-5-15(19)10-14;/h3-5,10,17,20H,6-9,11H2,1-2H3;1H. The molecule has 1 fully saturated rings. The van der Waals surface area contributed by atoms with E-state index in [1.807, 2.05) is 43.0 Å². The first-order valence-corrected chi connectivity index (χ1v) is 8.61. The largest absolute Gasteiger partial charge is 0.361 e. The Balaban J connectivity index is 0.00000225. The van der Waals surface area contributed by atoms with Gasteiger partial charge in [0.2, 0.25) is 5.91 Å². The van der Waals surface area contributed by atoms with Crippen LogP contribution in [-0.4, -0.2) is 35.6 Å². The summed E-state index contributed by atoms with van der Waals surface area (Å²) in [5, 5.41) is 8.01. The molecule has 3 rings (SSSR count). The van der Waals surface area contributed by atoms with Crippen molar-refractivity contribution in [3.63, 3.8) is 0 Å². The zero-order chi connectivity index (χ0) is 17.1. The van der Waals surface area contributed by atoms with Crippen molar-refractivity contribution in [3.8, 4) is 0 Å². The number of aryl methyl sites for hydroxylation is 2. The Labute approximate surface area is 159 Å². The molecule has 25 heavy (non-hydrogen) atoms. The van der Waals surface area contributed by atoms with E-state index in [1.54, 1.807) is 0 Å². The van der Waals surface area contributed by atoms with Gasteiger partial charge in [-0.05, 0) is 38.0 Å². The van der Waals surface area contributed by atoms with Gasteiger partial charge < -0.3 is 14.7 Å². The summed E-state index contributed by atoms with van der Waals surface area (Å²) < 4.78 is 5.18. The van der Waals surface area contributed by atoms with Gasteiger partial charge in [-0.1, -0.05) is 28.9 Å². The van der Waals surface area contributed by atoms with Crippen LogP contribution in [0.2, 0.25) is 5.02 Å².